The molecule has 2 rings (SSSR count). The maximum absolute atomic E-state index is 11.4. The van der Waals surface area contributed by atoms with Crippen LogP contribution in [0.15, 0.2) is 41.1 Å². The van der Waals surface area contributed by atoms with Gasteiger partial charge in [-0.25, -0.2) is 4.79 Å². The summed E-state index contributed by atoms with van der Waals surface area (Å²) in [7, 11) is 1.29. The third-order valence-electron chi connectivity index (χ3n) is 2.98. The Hall–Kier alpha value is -2.05. The van der Waals surface area contributed by atoms with E-state index in [2.05, 4.69) is 9.47 Å². The van der Waals surface area contributed by atoms with Gasteiger partial charge in [-0.2, -0.15) is 0 Å². The van der Waals surface area contributed by atoms with Gasteiger partial charge in [0.25, 0.3) is 0 Å². The number of carbonyl (C=O) groups is 2. The Bertz CT molecular complexity index is 572. The lowest BCUT2D eigenvalue weighted by atomic mass is 10.2. The number of rotatable bonds is 5. The van der Waals surface area contributed by atoms with Gasteiger partial charge in [-0.1, -0.05) is 29.8 Å². The van der Waals surface area contributed by atoms with E-state index in [9.17, 15) is 14.7 Å². The fraction of sp³-hybridized carbons (Fsp3) is 0.286. The average Bonchev–Trinajstić information content (AvgIpc) is 2.74. The van der Waals surface area contributed by atoms with Crippen molar-refractivity contribution in [2.24, 2.45) is 0 Å². The van der Waals surface area contributed by atoms with Crippen molar-refractivity contribution in [2.45, 2.75) is 12.7 Å². The molecule has 0 spiro atoms. The van der Waals surface area contributed by atoms with E-state index in [4.69, 9.17) is 11.6 Å². The molecule has 0 fully saturated rings. The molecule has 21 heavy (non-hydrogen) atoms. The van der Waals surface area contributed by atoms with Crippen molar-refractivity contribution in [1.82, 2.24) is 0 Å². The molecule has 1 aromatic carbocycles. The largest absolute Gasteiger partial charge is 0.469 e. The van der Waals surface area contributed by atoms with Crippen molar-refractivity contribution in [3.8, 4) is 0 Å². The number of halogens is 1. The highest BCUT2D eigenvalue weighted by molar-refractivity contribution is 6.42. The molecule has 0 amide bonds. The molecule has 112 valence electrons. The minimum atomic E-state index is -1.46. The zero-order valence-electron chi connectivity index (χ0n) is 11.3. The van der Waals surface area contributed by atoms with Crippen LogP contribution >= 0.6 is 11.6 Å². The van der Waals surface area contributed by atoms with Crippen LogP contribution in [0.3, 0.4) is 0 Å². The molecule has 0 aromatic heterocycles. The summed E-state index contributed by atoms with van der Waals surface area (Å²) in [6.07, 6.45) is -1.39. The van der Waals surface area contributed by atoms with Crippen LogP contribution in [0.2, 0.25) is 0 Å². The number of aliphatic hydroxyl groups excluding tert-OH is 1. The van der Waals surface area contributed by atoms with E-state index in [1.165, 1.54) is 7.11 Å². The average molecular weight is 312 g/mol. The molecule has 6 nitrogen and oxygen atoms in total. The highest BCUT2D eigenvalue weighted by atomic mass is 35.5. The zero-order valence-corrected chi connectivity index (χ0v) is 12.0. The van der Waals surface area contributed by atoms with Crippen LogP contribution in [-0.4, -0.2) is 37.0 Å². The second-order valence-corrected chi connectivity index (χ2v) is 4.65. The lowest BCUT2D eigenvalue weighted by Gasteiger charge is -2.26. The number of hydrogen-bond donors (Lipinski definition) is 1. The summed E-state index contributed by atoms with van der Waals surface area (Å²) in [6, 6.07) is 8.94. The predicted molar refractivity (Wildman–Crippen MR) is 75.4 cm³/mol. The second kappa shape index (κ2) is 6.60. The lowest BCUT2D eigenvalue weighted by Crippen LogP contribution is -2.31. The van der Waals surface area contributed by atoms with Gasteiger partial charge in [-0.15, -0.1) is 0 Å². The van der Waals surface area contributed by atoms with Crippen molar-refractivity contribution in [3.63, 3.8) is 0 Å². The SMILES string of the molecule is COC(=O)CCN(C1=C(Cl)C(=O)OC1O)c1ccccc1. The van der Waals surface area contributed by atoms with Crippen LogP contribution in [0.4, 0.5) is 5.69 Å². The number of esters is 2. The Morgan fingerprint density at radius 3 is 2.62 bits per heavy atom. The molecule has 0 saturated heterocycles. The Morgan fingerprint density at radius 1 is 1.43 bits per heavy atom. The van der Waals surface area contributed by atoms with Gasteiger partial charge >= 0.3 is 11.9 Å². The van der Waals surface area contributed by atoms with Gasteiger partial charge in [0.1, 0.15) is 5.70 Å². The number of para-hydroxylation sites is 1. The topological polar surface area (TPSA) is 76.1 Å². The number of hydrogen-bond acceptors (Lipinski definition) is 6. The van der Waals surface area contributed by atoms with E-state index in [-0.39, 0.29) is 23.7 Å². The van der Waals surface area contributed by atoms with Crippen LogP contribution in [0.5, 0.6) is 0 Å². The first kappa shape index (κ1) is 15.3. The fourth-order valence-electron chi connectivity index (χ4n) is 1.98. The Kier molecular flexibility index (Phi) is 4.82. The van der Waals surface area contributed by atoms with E-state index >= 15 is 0 Å². The van der Waals surface area contributed by atoms with Crippen LogP contribution in [-0.2, 0) is 19.1 Å². The number of cyclic esters (lactones) is 1. The molecule has 0 bridgehead atoms. The van der Waals surface area contributed by atoms with Gasteiger partial charge in [0.15, 0.2) is 5.03 Å². The van der Waals surface area contributed by atoms with Crippen molar-refractivity contribution < 1.29 is 24.2 Å². The molecule has 1 N–H and O–H groups in total. The van der Waals surface area contributed by atoms with E-state index in [0.29, 0.717) is 5.69 Å². The summed E-state index contributed by atoms with van der Waals surface area (Å²) >= 11 is 5.90. The molecule has 1 atom stereocenters. The Labute approximate surface area is 126 Å². The minimum Gasteiger partial charge on any atom is -0.469 e. The molecule has 1 heterocycles. The molecule has 1 aromatic rings. The number of benzene rings is 1. The highest BCUT2D eigenvalue weighted by Gasteiger charge is 2.36. The van der Waals surface area contributed by atoms with Crippen LogP contribution in [0.1, 0.15) is 6.42 Å². The van der Waals surface area contributed by atoms with Gasteiger partial charge in [0.2, 0.25) is 6.29 Å². The second-order valence-electron chi connectivity index (χ2n) is 4.27. The maximum Gasteiger partial charge on any atom is 0.354 e. The van der Waals surface area contributed by atoms with Gasteiger partial charge < -0.3 is 19.5 Å². The molecular formula is C14H14ClNO5. The third kappa shape index (κ3) is 3.34. The van der Waals surface area contributed by atoms with Crippen LogP contribution in [0.25, 0.3) is 0 Å². The lowest BCUT2D eigenvalue weighted by molar-refractivity contribution is -0.151. The number of anilines is 1. The smallest absolute Gasteiger partial charge is 0.354 e. The van der Waals surface area contributed by atoms with Crippen LogP contribution in [0, 0.1) is 0 Å². The van der Waals surface area contributed by atoms with Crippen molar-refractivity contribution >= 4 is 29.2 Å². The fourth-order valence-corrected chi connectivity index (χ4v) is 2.22. The summed E-state index contributed by atoms with van der Waals surface area (Å²) in [5.74, 6) is -1.20. The molecule has 0 radical (unpaired) electrons. The minimum absolute atomic E-state index is 0.0694. The van der Waals surface area contributed by atoms with Crippen molar-refractivity contribution in [1.29, 1.82) is 0 Å². The summed E-state index contributed by atoms with van der Waals surface area (Å²) in [5, 5.41) is 9.64. The molecule has 1 aliphatic rings. The van der Waals surface area contributed by atoms with Gasteiger partial charge in [-0.05, 0) is 12.1 Å². The van der Waals surface area contributed by atoms with Gasteiger partial charge in [0, 0.05) is 12.2 Å². The normalized spacial score (nSPS) is 17.7. The first-order chi connectivity index (χ1) is 10.0. The van der Waals surface area contributed by atoms with E-state index in [1.54, 1.807) is 29.2 Å². The van der Waals surface area contributed by atoms with E-state index < -0.39 is 18.2 Å². The number of carbonyl (C=O) groups excluding carboxylic acids is 2. The predicted octanol–water partition coefficient (Wildman–Crippen LogP) is 1.38. The molecular weight excluding hydrogens is 298 g/mol. The Balaban J connectivity index is 2.32. The number of nitrogens with zero attached hydrogens (tertiary/aromatic N) is 1. The van der Waals surface area contributed by atoms with Gasteiger partial charge in [-0.3, -0.25) is 4.79 Å². The molecule has 0 aliphatic carbocycles. The summed E-state index contributed by atoms with van der Waals surface area (Å²) in [5.41, 5.74) is 0.795. The molecule has 0 saturated carbocycles. The molecule has 1 unspecified atom stereocenters. The number of aliphatic hydroxyl groups is 1. The van der Waals surface area contributed by atoms with E-state index in [0.717, 1.165) is 0 Å². The quantitative estimate of drug-likeness (QED) is 0.828. The summed E-state index contributed by atoms with van der Waals surface area (Å²) in [4.78, 5) is 24.3. The molecule has 1 aliphatic heterocycles. The Morgan fingerprint density at radius 2 is 2.10 bits per heavy atom. The van der Waals surface area contributed by atoms with Crippen molar-refractivity contribution in [3.05, 3.63) is 41.1 Å². The van der Waals surface area contributed by atoms with E-state index in [1.807, 2.05) is 6.07 Å². The zero-order chi connectivity index (χ0) is 15.4. The highest BCUT2D eigenvalue weighted by Crippen LogP contribution is 2.31. The van der Waals surface area contributed by atoms with Crippen molar-refractivity contribution in [2.75, 3.05) is 18.6 Å². The first-order valence-electron chi connectivity index (χ1n) is 6.22. The monoisotopic (exact) mass is 311 g/mol. The number of ether oxygens (including phenoxy) is 2. The standard InChI is InChI=1S/C14H14ClNO5/c1-20-10(17)7-8-16(9-5-3-2-4-6-9)12-11(15)13(18)21-14(12)19/h2-6,14,19H,7-8H2,1H3. The summed E-state index contributed by atoms with van der Waals surface area (Å²) < 4.78 is 9.27. The number of methoxy groups -OCH3 is 1. The van der Waals surface area contributed by atoms with Crippen LogP contribution < -0.4 is 4.90 Å². The maximum atomic E-state index is 11.4. The van der Waals surface area contributed by atoms with Gasteiger partial charge in [0.05, 0.1) is 13.5 Å². The third-order valence-corrected chi connectivity index (χ3v) is 3.33. The summed E-state index contributed by atoms with van der Waals surface area (Å²) in [6.45, 7) is 0.190. The molecule has 7 heteroatoms. The first-order valence-corrected chi connectivity index (χ1v) is 6.60.